The lowest BCUT2D eigenvalue weighted by molar-refractivity contribution is -0.138. The summed E-state index contributed by atoms with van der Waals surface area (Å²) in [4.78, 5) is 18.3. The van der Waals surface area contributed by atoms with Gasteiger partial charge in [0, 0.05) is 53.6 Å². The van der Waals surface area contributed by atoms with E-state index in [9.17, 15) is 25.2 Å². The van der Waals surface area contributed by atoms with Crippen molar-refractivity contribution in [3.05, 3.63) is 81.6 Å². The molecule has 2 aromatic carbocycles. The lowest BCUT2D eigenvalue weighted by Gasteiger charge is -2.28. The highest BCUT2D eigenvalue weighted by Gasteiger charge is 2.48. The monoisotopic (exact) mass is 718 g/mol. The first kappa shape index (κ1) is 37.4. The zero-order valence-electron chi connectivity index (χ0n) is 27.4. The Kier molecular flexibility index (Phi) is 12.9. The molecule has 13 heteroatoms. The van der Waals surface area contributed by atoms with Crippen LogP contribution in [0.5, 0.6) is 5.75 Å². The van der Waals surface area contributed by atoms with Crippen LogP contribution in [0.3, 0.4) is 0 Å². The van der Waals surface area contributed by atoms with Crippen molar-refractivity contribution < 1.29 is 44.5 Å². The van der Waals surface area contributed by atoms with E-state index in [-0.39, 0.29) is 31.6 Å². The van der Waals surface area contributed by atoms with Crippen molar-refractivity contribution in [3.8, 4) is 16.9 Å². The molecule has 3 aromatic rings. The standard InChI is InChI=1S/C36H44Cl2N2O9/c1-40(17-30(42)34(45)35(46)31(43)18-41)33(44)9-5-2-6-22-14-29(38)23(15-28(22)37)19-48-36(11-12-36)27-16-39-13-10-25(27)26-7-3-4-8-32(26)49-24-20-47-21-24/h3-4,7-8,10,13-16,24,30-31,34-35,41-43,45-46H,2,5-6,9,11-12,17-21H2,1H3/t30-,31+,34+,35+/m0/s1. The number of hydrogen-bond acceptors (Lipinski definition) is 10. The van der Waals surface area contributed by atoms with E-state index >= 15 is 0 Å². The number of likely N-dealkylation sites (N-methyl/N-ethyl adjacent to an activating group) is 1. The number of benzene rings is 2. The third kappa shape index (κ3) is 9.29. The van der Waals surface area contributed by atoms with Gasteiger partial charge in [0.1, 0.15) is 36.3 Å². The van der Waals surface area contributed by atoms with Gasteiger partial charge in [-0.05, 0) is 73.1 Å². The SMILES string of the molecule is CN(C[C@H](O)[C@@H](O)[C@H](O)[C@H](O)CO)C(=O)CCCCc1cc(Cl)c(COC2(c3cnccc3-c3ccccc3OC3COC3)CC2)cc1Cl. The van der Waals surface area contributed by atoms with Gasteiger partial charge in [0.25, 0.3) is 0 Å². The molecular weight excluding hydrogens is 675 g/mol. The lowest BCUT2D eigenvalue weighted by atomic mass is 9.96. The molecule has 11 nitrogen and oxygen atoms in total. The molecule has 0 unspecified atom stereocenters. The number of carbonyl (C=O) groups excluding carboxylic acids is 1. The number of amides is 1. The van der Waals surface area contributed by atoms with Gasteiger partial charge in [-0.3, -0.25) is 9.78 Å². The summed E-state index contributed by atoms with van der Waals surface area (Å²) in [5.74, 6) is 0.543. The lowest BCUT2D eigenvalue weighted by Crippen LogP contribution is -2.49. The summed E-state index contributed by atoms with van der Waals surface area (Å²) in [5, 5.41) is 49.5. The van der Waals surface area contributed by atoms with Crippen molar-refractivity contribution in [2.45, 2.75) is 81.3 Å². The van der Waals surface area contributed by atoms with Gasteiger partial charge in [0.2, 0.25) is 5.91 Å². The number of para-hydroxylation sites is 1. The van der Waals surface area contributed by atoms with Crippen LogP contribution in [0.2, 0.25) is 10.0 Å². The van der Waals surface area contributed by atoms with Gasteiger partial charge >= 0.3 is 0 Å². The normalized spacial score (nSPS) is 17.9. The average Bonchev–Trinajstić information content (AvgIpc) is 3.88. The Balaban J connectivity index is 1.14. The first-order chi connectivity index (χ1) is 23.5. The fourth-order valence-electron chi connectivity index (χ4n) is 5.83. The fraction of sp³-hybridized carbons (Fsp3) is 0.500. The minimum Gasteiger partial charge on any atom is -0.485 e. The highest BCUT2D eigenvalue weighted by Crippen LogP contribution is 2.53. The Labute approximate surface area is 296 Å². The van der Waals surface area contributed by atoms with Crippen LogP contribution in [0.4, 0.5) is 0 Å². The van der Waals surface area contributed by atoms with E-state index in [1.807, 2.05) is 48.7 Å². The number of pyridine rings is 1. The zero-order chi connectivity index (χ0) is 35.1. The van der Waals surface area contributed by atoms with Gasteiger partial charge in [-0.25, -0.2) is 0 Å². The molecule has 1 aliphatic carbocycles. The minimum atomic E-state index is -1.75. The summed E-state index contributed by atoms with van der Waals surface area (Å²) in [5.41, 5.74) is 4.12. The Morgan fingerprint density at radius 3 is 2.39 bits per heavy atom. The second-order valence-corrected chi connectivity index (χ2v) is 13.6. The predicted octanol–water partition coefficient (Wildman–Crippen LogP) is 3.65. The second-order valence-electron chi connectivity index (χ2n) is 12.8. The van der Waals surface area contributed by atoms with Crippen LogP contribution < -0.4 is 4.74 Å². The fourth-order valence-corrected chi connectivity index (χ4v) is 6.36. The van der Waals surface area contributed by atoms with Crippen LogP contribution in [0.25, 0.3) is 11.1 Å². The molecule has 0 spiro atoms. The van der Waals surface area contributed by atoms with Crippen LogP contribution in [-0.4, -0.2) is 105 Å². The van der Waals surface area contributed by atoms with Gasteiger partial charge in [0.05, 0.1) is 32.0 Å². The molecule has 266 valence electrons. The molecule has 5 rings (SSSR count). The van der Waals surface area contributed by atoms with Crippen LogP contribution in [0.1, 0.15) is 48.8 Å². The van der Waals surface area contributed by atoms with E-state index < -0.39 is 36.6 Å². The minimum absolute atomic E-state index is 0.0415. The van der Waals surface area contributed by atoms with E-state index in [2.05, 4.69) is 4.98 Å². The molecule has 0 radical (unpaired) electrons. The molecule has 2 fully saturated rings. The van der Waals surface area contributed by atoms with Crippen molar-refractivity contribution >= 4 is 29.1 Å². The summed E-state index contributed by atoms with van der Waals surface area (Å²) in [6, 6.07) is 13.6. The van der Waals surface area contributed by atoms with Crippen molar-refractivity contribution in [2.75, 3.05) is 33.4 Å². The van der Waals surface area contributed by atoms with Gasteiger partial charge in [-0.2, -0.15) is 0 Å². The van der Waals surface area contributed by atoms with E-state index in [0.29, 0.717) is 42.5 Å². The maximum atomic E-state index is 12.6. The van der Waals surface area contributed by atoms with Crippen molar-refractivity contribution in [3.63, 3.8) is 0 Å². The van der Waals surface area contributed by atoms with Crippen LogP contribution in [0.15, 0.2) is 54.9 Å². The highest BCUT2D eigenvalue weighted by molar-refractivity contribution is 6.34. The number of hydrogen-bond donors (Lipinski definition) is 5. The molecule has 4 atom stereocenters. The largest absolute Gasteiger partial charge is 0.485 e. The number of unbranched alkanes of at least 4 members (excludes halogenated alkanes) is 1. The van der Waals surface area contributed by atoms with E-state index in [1.54, 1.807) is 6.20 Å². The molecular formula is C36H44Cl2N2O9. The molecule has 1 aliphatic heterocycles. The molecule has 1 aromatic heterocycles. The third-order valence-electron chi connectivity index (χ3n) is 9.11. The number of nitrogens with zero attached hydrogens (tertiary/aromatic N) is 2. The molecule has 1 saturated heterocycles. The number of ether oxygens (including phenoxy) is 3. The highest BCUT2D eigenvalue weighted by atomic mass is 35.5. The Hall–Kier alpha value is -2.84. The Morgan fingerprint density at radius 2 is 1.69 bits per heavy atom. The number of carbonyl (C=O) groups is 1. The Morgan fingerprint density at radius 1 is 1.00 bits per heavy atom. The molecule has 49 heavy (non-hydrogen) atoms. The molecule has 0 bridgehead atoms. The van der Waals surface area contributed by atoms with Gasteiger partial charge in [-0.15, -0.1) is 0 Å². The van der Waals surface area contributed by atoms with E-state index in [1.165, 1.54) is 11.9 Å². The third-order valence-corrected chi connectivity index (χ3v) is 9.82. The smallest absolute Gasteiger partial charge is 0.222 e. The maximum absolute atomic E-state index is 12.6. The average molecular weight is 720 g/mol. The van der Waals surface area contributed by atoms with Gasteiger partial charge in [0.15, 0.2) is 0 Å². The number of halogens is 2. The second kappa shape index (κ2) is 16.9. The molecule has 1 saturated carbocycles. The van der Waals surface area contributed by atoms with Crippen LogP contribution >= 0.6 is 23.2 Å². The van der Waals surface area contributed by atoms with Crippen LogP contribution in [0, 0.1) is 0 Å². The first-order valence-corrected chi connectivity index (χ1v) is 17.2. The summed E-state index contributed by atoms with van der Waals surface area (Å²) in [6.45, 7) is 0.402. The first-order valence-electron chi connectivity index (χ1n) is 16.5. The number of aryl methyl sites for hydroxylation is 1. The van der Waals surface area contributed by atoms with Crippen molar-refractivity contribution in [1.82, 2.24) is 9.88 Å². The number of aliphatic hydroxyl groups is 5. The number of rotatable bonds is 18. The summed E-state index contributed by atoms with van der Waals surface area (Å²) in [7, 11) is 1.48. The van der Waals surface area contributed by atoms with Crippen molar-refractivity contribution in [1.29, 1.82) is 0 Å². The number of aromatic nitrogens is 1. The van der Waals surface area contributed by atoms with Gasteiger partial charge in [-0.1, -0.05) is 41.4 Å². The van der Waals surface area contributed by atoms with Gasteiger partial charge < -0.3 is 44.6 Å². The quantitative estimate of drug-likeness (QED) is 0.123. The molecule has 2 heterocycles. The zero-order valence-corrected chi connectivity index (χ0v) is 28.9. The summed E-state index contributed by atoms with van der Waals surface area (Å²) >= 11 is 13.4. The van der Waals surface area contributed by atoms with Crippen LogP contribution in [-0.2, 0) is 32.9 Å². The number of aliphatic hydroxyl groups excluding tert-OH is 5. The Bertz CT molecular complexity index is 1570. The molecule has 1 amide bonds. The molecule has 5 N–H and O–H groups in total. The summed E-state index contributed by atoms with van der Waals surface area (Å²) < 4.78 is 18.1. The predicted molar refractivity (Wildman–Crippen MR) is 183 cm³/mol. The molecule has 2 aliphatic rings. The topological polar surface area (TPSA) is 162 Å². The van der Waals surface area contributed by atoms with Crippen molar-refractivity contribution in [2.24, 2.45) is 0 Å². The van der Waals surface area contributed by atoms with E-state index in [4.69, 9.17) is 42.5 Å². The summed E-state index contributed by atoms with van der Waals surface area (Å²) in [6.07, 6.45) is 0.790. The van der Waals surface area contributed by atoms with E-state index in [0.717, 1.165) is 46.4 Å². The maximum Gasteiger partial charge on any atom is 0.222 e.